The normalized spacial score (nSPS) is 22.1. The van der Waals surface area contributed by atoms with E-state index in [9.17, 15) is 8.42 Å². The molecule has 118 valence electrons. The van der Waals surface area contributed by atoms with Gasteiger partial charge < -0.3 is 10.1 Å². The summed E-state index contributed by atoms with van der Waals surface area (Å²) in [6.45, 7) is 5.07. The van der Waals surface area contributed by atoms with Crippen LogP contribution >= 0.6 is 0 Å². The maximum Gasteiger partial charge on any atom is 0.238 e. The minimum Gasteiger partial charge on any atom is -0.377 e. The second-order valence-corrected chi connectivity index (χ2v) is 7.13. The number of sulfonamides is 1. The van der Waals surface area contributed by atoms with E-state index in [-0.39, 0.29) is 17.0 Å². The highest BCUT2D eigenvalue weighted by molar-refractivity contribution is 7.89. The van der Waals surface area contributed by atoms with Crippen molar-refractivity contribution in [1.82, 2.24) is 5.32 Å². The average Bonchev–Trinajstić information content (AvgIpc) is 2.97. The Bertz CT molecular complexity index is 551. The van der Waals surface area contributed by atoms with Gasteiger partial charge in [-0.1, -0.05) is 19.1 Å². The molecule has 5 nitrogen and oxygen atoms in total. The zero-order chi connectivity index (χ0) is 15.5. The molecule has 1 aromatic carbocycles. The fraction of sp³-hybridized carbons (Fsp3) is 0.600. The Morgan fingerprint density at radius 3 is 2.52 bits per heavy atom. The van der Waals surface area contributed by atoms with Gasteiger partial charge in [0.05, 0.1) is 11.0 Å². The van der Waals surface area contributed by atoms with Crippen molar-refractivity contribution in [3.8, 4) is 0 Å². The van der Waals surface area contributed by atoms with Crippen LogP contribution in [0.1, 0.15) is 44.7 Å². The molecule has 3 atom stereocenters. The maximum atomic E-state index is 11.3. The summed E-state index contributed by atoms with van der Waals surface area (Å²) in [5.74, 6) is 0. The molecule has 0 saturated carbocycles. The molecule has 0 unspecified atom stereocenters. The Morgan fingerprint density at radius 2 is 2.05 bits per heavy atom. The van der Waals surface area contributed by atoms with Crippen LogP contribution in [0.3, 0.4) is 0 Å². The van der Waals surface area contributed by atoms with Crippen LogP contribution in [0.4, 0.5) is 0 Å². The lowest BCUT2D eigenvalue weighted by Gasteiger charge is -2.27. The van der Waals surface area contributed by atoms with E-state index < -0.39 is 10.0 Å². The minimum absolute atomic E-state index is 0.133. The summed E-state index contributed by atoms with van der Waals surface area (Å²) in [7, 11) is -3.63. The fourth-order valence-electron chi connectivity index (χ4n) is 2.77. The van der Waals surface area contributed by atoms with Crippen LogP contribution in [-0.4, -0.2) is 27.2 Å². The molecule has 0 spiro atoms. The van der Waals surface area contributed by atoms with Gasteiger partial charge >= 0.3 is 0 Å². The quantitative estimate of drug-likeness (QED) is 0.841. The number of rotatable bonds is 6. The summed E-state index contributed by atoms with van der Waals surface area (Å²) in [6, 6.07) is 7.17. The summed E-state index contributed by atoms with van der Waals surface area (Å²) in [6.07, 6.45) is 3.51. The second-order valence-electron chi connectivity index (χ2n) is 5.57. The summed E-state index contributed by atoms with van der Waals surface area (Å²) in [5, 5.41) is 8.69. The van der Waals surface area contributed by atoms with Crippen LogP contribution < -0.4 is 10.5 Å². The van der Waals surface area contributed by atoms with Crippen molar-refractivity contribution in [2.24, 2.45) is 5.14 Å². The van der Waals surface area contributed by atoms with E-state index in [1.54, 1.807) is 24.3 Å². The Hall–Kier alpha value is -0.950. The second kappa shape index (κ2) is 6.87. The largest absolute Gasteiger partial charge is 0.377 e. The first kappa shape index (κ1) is 16.4. The van der Waals surface area contributed by atoms with Crippen molar-refractivity contribution < 1.29 is 13.2 Å². The van der Waals surface area contributed by atoms with E-state index in [0.717, 1.165) is 31.4 Å². The van der Waals surface area contributed by atoms with Crippen molar-refractivity contribution >= 4 is 10.0 Å². The molecule has 1 aliphatic heterocycles. The number of hydrogen-bond donors (Lipinski definition) is 2. The molecule has 0 bridgehead atoms. The molecule has 0 radical (unpaired) electrons. The summed E-state index contributed by atoms with van der Waals surface area (Å²) in [5.41, 5.74) is 1.04. The highest BCUT2D eigenvalue weighted by Gasteiger charge is 2.25. The van der Waals surface area contributed by atoms with Crippen LogP contribution in [0, 0.1) is 0 Å². The van der Waals surface area contributed by atoms with Gasteiger partial charge in [0.1, 0.15) is 0 Å². The van der Waals surface area contributed by atoms with Crippen LogP contribution in [-0.2, 0) is 14.8 Å². The molecule has 1 aromatic rings. The molecule has 1 heterocycles. The topological polar surface area (TPSA) is 81.4 Å². The monoisotopic (exact) mass is 312 g/mol. The van der Waals surface area contributed by atoms with Crippen molar-refractivity contribution in [2.75, 3.05) is 6.61 Å². The third kappa shape index (κ3) is 4.26. The van der Waals surface area contributed by atoms with Crippen molar-refractivity contribution in [3.05, 3.63) is 29.8 Å². The Morgan fingerprint density at radius 1 is 1.38 bits per heavy atom. The molecule has 1 saturated heterocycles. The van der Waals surface area contributed by atoms with E-state index in [2.05, 4.69) is 19.2 Å². The van der Waals surface area contributed by atoms with Gasteiger partial charge in [-0.2, -0.15) is 0 Å². The van der Waals surface area contributed by atoms with Crippen LogP contribution in [0.25, 0.3) is 0 Å². The van der Waals surface area contributed by atoms with Crippen LogP contribution in [0.5, 0.6) is 0 Å². The van der Waals surface area contributed by atoms with Gasteiger partial charge in [-0.3, -0.25) is 0 Å². The lowest BCUT2D eigenvalue weighted by Crippen LogP contribution is -2.40. The molecule has 1 fully saturated rings. The summed E-state index contributed by atoms with van der Waals surface area (Å²) >= 11 is 0. The Balaban J connectivity index is 2.03. The molecule has 2 rings (SSSR count). The first-order valence-electron chi connectivity index (χ1n) is 7.42. The molecular formula is C15H24N2O3S. The van der Waals surface area contributed by atoms with Gasteiger partial charge in [-0.05, 0) is 43.9 Å². The molecule has 21 heavy (non-hydrogen) atoms. The van der Waals surface area contributed by atoms with Gasteiger partial charge in [0, 0.05) is 18.7 Å². The zero-order valence-corrected chi connectivity index (χ0v) is 13.4. The number of benzene rings is 1. The van der Waals surface area contributed by atoms with Crippen LogP contribution in [0.15, 0.2) is 29.2 Å². The Kier molecular flexibility index (Phi) is 5.37. The molecule has 0 aromatic heterocycles. The molecule has 0 aliphatic carbocycles. The van der Waals surface area contributed by atoms with E-state index >= 15 is 0 Å². The number of primary sulfonamides is 1. The number of hydrogen-bond acceptors (Lipinski definition) is 4. The smallest absolute Gasteiger partial charge is 0.238 e. The Labute approximate surface area is 126 Å². The van der Waals surface area contributed by atoms with E-state index in [1.807, 2.05) is 0 Å². The highest BCUT2D eigenvalue weighted by atomic mass is 32.2. The van der Waals surface area contributed by atoms with Gasteiger partial charge in [0.25, 0.3) is 0 Å². The van der Waals surface area contributed by atoms with E-state index in [4.69, 9.17) is 9.88 Å². The lowest BCUT2D eigenvalue weighted by atomic mass is 10.0. The molecule has 3 N–H and O–H groups in total. The third-order valence-corrected chi connectivity index (χ3v) is 4.96. The highest BCUT2D eigenvalue weighted by Crippen LogP contribution is 2.22. The first-order valence-corrected chi connectivity index (χ1v) is 8.97. The van der Waals surface area contributed by atoms with Gasteiger partial charge in [0.2, 0.25) is 10.0 Å². The summed E-state index contributed by atoms with van der Waals surface area (Å²) in [4.78, 5) is 0.143. The maximum absolute atomic E-state index is 11.3. The van der Waals surface area contributed by atoms with Crippen LogP contribution in [0.2, 0.25) is 0 Å². The predicted molar refractivity (Wildman–Crippen MR) is 82.4 cm³/mol. The number of nitrogens with one attached hydrogen (secondary N) is 1. The van der Waals surface area contributed by atoms with Crippen molar-refractivity contribution in [2.45, 2.75) is 56.2 Å². The standard InChI is InChI=1S/C15H24N2O3S/c1-3-14(15-5-4-10-20-15)17-11(2)12-6-8-13(9-7-12)21(16,18)19/h6-9,11,14-15,17H,3-5,10H2,1-2H3,(H2,16,18,19)/t11-,14+,15+/m1/s1. The average molecular weight is 312 g/mol. The first-order chi connectivity index (χ1) is 9.91. The molecular weight excluding hydrogens is 288 g/mol. The van der Waals surface area contributed by atoms with Gasteiger partial charge in [-0.25, -0.2) is 13.6 Å². The number of nitrogens with two attached hydrogens (primary N) is 1. The van der Waals surface area contributed by atoms with Crippen molar-refractivity contribution in [3.63, 3.8) is 0 Å². The summed E-state index contributed by atoms with van der Waals surface area (Å²) < 4.78 is 28.3. The third-order valence-electron chi connectivity index (χ3n) is 4.03. The molecule has 6 heteroatoms. The van der Waals surface area contributed by atoms with Crippen molar-refractivity contribution in [1.29, 1.82) is 0 Å². The SMILES string of the molecule is CC[C@H](N[C@H](C)c1ccc(S(N)(=O)=O)cc1)[C@@H]1CCCO1. The lowest BCUT2D eigenvalue weighted by molar-refractivity contribution is 0.0735. The van der Waals surface area contributed by atoms with Gasteiger partial charge in [0.15, 0.2) is 0 Å². The molecule has 1 aliphatic rings. The van der Waals surface area contributed by atoms with Gasteiger partial charge in [-0.15, -0.1) is 0 Å². The van der Waals surface area contributed by atoms with E-state index in [0.29, 0.717) is 6.04 Å². The predicted octanol–water partition coefficient (Wildman–Crippen LogP) is 1.94. The van der Waals surface area contributed by atoms with E-state index in [1.165, 1.54) is 0 Å². The zero-order valence-electron chi connectivity index (χ0n) is 12.6. The number of ether oxygens (including phenoxy) is 1. The fourth-order valence-corrected chi connectivity index (χ4v) is 3.29. The molecule has 0 amide bonds. The minimum atomic E-state index is -3.63.